The largest absolute Gasteiger partial charge is 0.372 e. The Bertz CT molecular complexity index is 696. The summed E-state index contributed by atoms with van der Waals surface area (Å²) in [5, 5.41) is 6.63. The third-order valence-corrected chi connectivity index (χ3v) is 5.22. The van der Waals surface area contributed by atoms with Crippen molar-refractivity contribution >= 4 is 5.91 Å². The van der Waals surface area contributed by atoms with Gasteiger partial charge in [0.2, 0.25) is 0 Å². The number of aromatic nitrogens is 2. The van der Waals surface area contributed by atoms with Crippen molar-refractivity contribution in [3.05, 3.63) is 53.9 Å². The van der Waals surface area contributed by atoms with Crippen molar-refractivity contribution in [1.29, 1.82) is 0 Å². The molecule has 0 unspecified atom stereocenters. The van der Waals surface area contributed by atoms with Gasteiger partial charge in [-0.3, -0.25) is 9.89 Å². The summed E-state index contributed by atoms with van der Waals surface area (Å²) in [4.78, 5) is 14.5. The van der Waals surface area contributed by atoms with Crippen LogP contribution in [-0.2, 0) is 16.1 Å². The number of H-pyrrole nitrogens is 1. The minimum absolute atomic E-state index is 0.0290. The zero-order valence-electron chi connectivity index (χ0n) is 14.2. The maximum Gasteiger partial charge on any atom is 0.271 e. The number of rotatable bonds is 4. The number of amides is 1. The Balaban J connectivity index is 1.48. The maximum atomic E-state index is 12.6. The summed E-state index contributed by atoms with van der Waals surface area (Å²) < 4.78 is 12.4. The Morgan fingerprint density at radius 3 is 2.92 bits per heavy atom. The minimum atomic E-state index is -0.250. The molecule has 0 saturated carbocycles. The normalized spacial score (nSPS) is 26.2. The van der Waals surface area contributed by atoms with Crippen molar-refractivity contribution in [2.75, 3.05) is 19.7 Å². The number of ether oxygens (including phenoxy) is 2. The number of benzene rings is 1. The summed E-state index contributed by atoms with van der Waals surface area (Å²) in [5.41, 5.74) is 1.40. The third kappa shape index (κ3) is 3.32. The van der Waals surface area contributed by atoms with E-state index in [1.54, 1.807) is 12.3 Å². The summed E-state index contributed by atoms with van der Waals surface area (Å²) in [7, 11) is 0. The molecule has 1 amide bonds. The second kappa shape index (κ2) is 6.98. The zero-order valence-corrected chi connectivity index (χ0v) is 14.2. The molecular weight excluding hydrogens is 318 g/mol. The maximum absolute atomic E-state index is 12.6. The second-order valence-corrected chi connectivity index (χ2v) is 6.77. The first-order chi connectivity index (χ1) is 12.3. The molecule has 0 bridgehead atoms. The quantitative estimate of drug-likeness (QED) is 0.927. The predicted molar refractivity (Wildman–Crippen MR) is 92.0 cm³/mol. The lowest BCUT2D eigenvalue weighted by atomic mass is 9.85. The van der Waals surface area contributed by atoms with Gasteiger partial charge in [-0.2, -0.15) is 5.10 Å². The smallest absolute Gasteiger partial charge is 0.271 e. The molecule has 2 fully saturated rings. The van der Waals surface area contributed by atoms with Gasteiger partial charge in [-0.1, -0.05) is 30.3 Å². The van der Waals surface area contributed by atoms with E-state index in [1.165, 1.54) is 0 Å². The molecule has 1 spiro atoms. The van der Waals surface area contributed by atoms with Crippen LogP contribution in [0.2, 0.25) is 0 Å². The highest BCUT2D eigenvalue weighted by atomic mass is 16.6. The standard InChI is InChI=1S/C19H23N3O3/c23-18(16-7-10-20-21-16)22-11-9-19(8-4-12-25-19)17(13-22)24-14-15-5-2-1-3-6-15/h1-3,5-7,10,17H,4,8-9,11-14H2,(H,20,21)/t17-,19-/m0/s1. The second-order valence-electron chi connectivity index (χ2n) is 6.77. The van der Waals surface area contributed by atoms with Crippen LogP contribution >= 0.6 is 0 Å². The fourth-order valence-electron chi connectivity index (χ4n) is 3.82. The molecule has 6 heteroatoms. The molecule has 1 aromatic carbocycles. The lowest BCUT2D eigenvalue weighted by Gasteiger charge is -2.44. The Morgan fingerprint density at radius 1 is 1.32 bits per heavy atom. The lowest BCUT2D eigenvalue weighted by Crippen LogP contribution is -2.57. The first kappa shape index (κ1) is 16.3. The molecule has 1 N–H and O–H groups in total. The third-order valence-electron chi connectivity index (χ3n) is 5.22. The number of hydrogen-bond donors (Lipinski definition) is 1. The molecule has 2 aromatic rings. The highest BCUT2D eigenvalue weighted by Gasteiger charge is 2.48. The number of carbonyl (C=O) groups is 1. The van der Waals surface area contributed by atoms with Crippen LogP contribution in [0.3, 0.4) is 0 Å². The van der Waals surface area contributed by atoms with Gasteiger partial charge < -0.3 is 14.4 Å². The monoisotopic (exact) mass is 341 g/mol. The highest BCUT2D eigenvalue weighted by molar-refractivity contribution is 5.92. The van der Waals surface area contributed by atoms with Crippen molar-refractivity contribution in [3.8, 4) is 0 Å². The molecule has 2 atom stereocenters. The van der Waals surface area contributed by atoms with Crippen LogP contribution in [0.15, 0.2) is 42.6 Å². The number of aromatic amines is 1. The molecule has 0 aliphatic carbocycles. The predicted octanol–water partition coefficient (Wildman–Crippen LogP) is 2.39. The number of nitrogens with zero attached hydrogens (tertiary/aromatic N) is 2. The van der Waals surface area contributed by atoms with Gasteiger partial charge in [0.05, 0.1) is 18.8 Å². The number of piperidine rings is 1. The summed E-state index contributed by atoms with van der Waals surface area (Å²) >= 11 is 0. The van der Waals surface area contributed by atoms with Gasteiger partial charge in [0.25, 0.3) is 5.91 Å². The molecule has 0 radical (unpaired) electrons. The first-order valence-corrected chi connectivity index (χ1v) is 8.85. The van der Waals surface area contributed by atoms with Gasteiger partial charge >= 0.3 is 0 Å². The fourth-order valence-corrected chi connectivity index (χ4v) is 3.82. The SMILES string of the molecule is O=C(c1ccn[nH]1)N1CC[C@@]2(CCCO2)[C@@H](OCc2ccccc2)C1. The van der Waals surface area contributed by atoms with Crippen molar-refractivity contribution in [1.82, 2.24) is 15.1 Å². The average molecular weight is 341 g/mol. The van der Waals surface area contributed by atoms with Gasteiger partial charge in [0, 0.05) is 19.3 Å². The molecule has 6 nitrogen and oxygen atoms in total. The van der Waals surface area contributed by atoms with Crippen LogP contribution in [0, 0.1) is 0 Å². The lowest BCUT2D eigenvalue weighted by molar-refractivity contribution is -0.153. The summed E-state index contributed by atoms with van der Waals surface area (Å²) in [6.45, 7) is 2.54. The van der Waals surface area contributed by atoms with E-state index >= 15 is 0 Å². The first-order valence-electron chi connectivity index (χ1n) is 8.85. The summed E-state index contributed by atoms with van der Waals surface area (Å²) in [5.74, 6) is -0.0290. The van der Waals surface area contributed by atoms with E-state index in [0.29, 0.717) is 25.4 Å². The van der Waals surface area contributed by atoms with Crippen LogP contribution in [-0.4, -0.2) is 52.4 Å². The molecule has 132 valence electrons. The van der Waals surface area contributed by atoms with Crippen LogP contribution in [0.1, 0.15) is 35.3 Å². The van der Waals surface area contributed by atoms with Gasteiger partial charge in [0.15, 0.2) is 0 Å². The molecule has 2 saturated heterocycles. The molecular formula is C19H23N3O3. The molecule has 2 aliphatic rings. The molecule has 25 heavy (non-hydrogen) atoms. The van der Waals surface area contributed by atoms with Gasteiger partial charge in [0.1, 0.15) is 11.8 Å². The van der Waals surface area contributed by atoms with Crippen LogP contribution in [0.25, 0.3) is 0 Å². The summed E-state index contributed by atoms with van der Waals surface area (Å²) in [6, 6.07) is 11.8. The number of carbonyl (C=O) groups excluding carboxylic acids is 1. The molecule has 1 aromatic heterocycles. The Kier molecular flexibility index (Phi) is 4.55. The van der Waals surface area contributed by atoms with Gasteiger partial charge in [-0.05, 0) is 30.9 Å². The highest BCUT2D eigenvalue weighted by Crippen LogP contribution is 2.38. The topological polar surface area (TPSA) is 67.5 Å². The van der Waals surface area contributed by atoms with E-state index in [2.05, 4.69) is 22.3 Å². The van der Waals surface area contributed by atoms with E-state index in [9.17, 15) is 4.79 Å². The zero-order chi connectivity index (χ0) is 17.1. The van der Waals surface area contributed by atoms with E-state index in [1.807, 2.05) is 23.1 Å². The van der Waals surface area contributed by atoms with Gasteiger partial charge in [-0.25, -0.2) is 0 Å². The van der Waals surface area contributed by atoms with Crippen LogP contribution in [0.4, 0.5) is 0 Å². The van der Waals surface area contributed by atoms with Crippen molar-refractivity contribution in [2.24, 2.45) is 0 Å². The van der Waals surface area contributed by atoms with Crippen LogP contribution in [0.5, 0.6) is 0 Å². The van der Waals surface area contributed by atoms with E-state index < -0.39 is 0 Å². The Labute approximate surface area is 147 Å². The number of hydrogen-bond acceptors (Lipinski definition) is 4. The van der Waals surface area contributed by atoms with Gasteiger partial charge in [-0.15, -0.1) is 0 Å². The van der Waals surface area contributed by atoms with Crippen molar-refractivity contribution in [2.45, 2.75) is 37.6 Å². The molecule has 2 aliphatic heterocycles. The van der Waals surface area contributed by atoms with E-state index in [0.717, 1.165) is 31.4 Å². The van der Waals surface area contributed by atoms with E-state index in [-0.39, 0.29) is 17.6 Å². The minimum Gasteiger partial charge on any atom is -0.372 e. The fraction of sp³-hybridized carbons (Fsp3) is 0.474. The Hall–Kier alpha value is -2.18. The average Bonchev–Trinajstić information content (AvgIpc) is 3.34. The van der Waals surface area contributed by atoms with Crippen LogP contribution < -0.4 is 0 Å². The van der Waals surface area contributed by atoms with Crippen molar-refractivity contribution in [3.63, 3.8) is 0 Å². The molecule has 4 rings (SSSR count). The summed E-state index contributed by atoms with van der Waals surface area (Å²) in [6.07, 6.45) is 4.35. The van der Waals surface area contributed by atoms with Crippen molar-refractivity contribution < 1.29 is 14.3 Å². The number of nitrogens with one attached hydrogen (secondary N) is 1. The Morgan fingerprint density at radius 2 is 2.20 bits per heavy atom. The number of likely N-dealkylation sites (tertiary alicyclic amines) is 1. The van der Waals surface area contributed by atoms with E-state index in [4.69, 9.17) is 9.47 Å². The molecule has 3 heterocycles.